The zero-order chi connectivity index (χ0) is 18.5. The first-order chi connectivity index (χ1) is 12.6. The van der Waals surface area contributed by atoms with Crippen LogP contribution < -0.4 is 10.2 Å². The number of halogens is 1. The van der Waals surface area contributed by atoms with Gasteiger partial charge in [-0.05, 0) is 43.2 Å². The molecule has 0 aliphatic carbocycles. The minimum Gasteiger partial charge on any atom is -0.465 e. The molecule has 1 aliphatic heterocycles. The van der Waals surface area contributed by atoms with Crippen LogP contribution in [0.15, 0.2) is 42.6 Å². The van der Waals surface area contributed by atoms with Gasteiger partial charge in [-0.2, -0.15) is 0 Å². The van der Waals surface area contributed by atoms with Crippen molar-refractivity contribution in [1.29, 1.82) is 0 Å². The normalized spacial score (nSPS) is 16.8. The van der Waals surface area contributed by atoms with Crippen LogP contribution in [-0.2, 0) is 9.53 Å². The number of anilines is 2. The number of methoxy groups -OCH3 is 1. The fourth-order valence-corrected chi connectivity index (χ4v) is 3.04. The quantitative estimate of drug-likeness (QED) is 0.852. The number of aromatic nitrogens is 1. The second-order valence-corrected chi connectivity index (χ2v) is 6.15. The molecule has 0 unspecified atom stereocenters. The van der Waals surface area contributed by atoms with Crippen molar-refractivity contribution in [2.24, 2.45) is 5.92 Å². The molecule has 2 heterocycles. The van der Waals surface area contributed by atoms with E-state index in [0.29, 0.717) is 13.0 Å². The fourth-order valence-electron chi connectivity index (χ4n) is 3.04. The third kappa shape index (κ3) is 3.99. The summed E-state index contributed by atoms with van der Waals surface area (Å²) in [7, 11) is 1.25. The molecule has 1 fully saturated rings. The van der Waals surface area contributed by atoms with Crippen molar-refractivity contribution in [2.45, 2.75) is 12.8 Å². The fraction of sp³-hybridized carbons (Fsp3) is 0.316. The van der Waals surface area contributed by atoms with Crippen LogP contribution in [0.5, 0.6) is 0 Å². The molecular weight excluding hydrogens is 337 g/mol. The number of hydrogen-bond acceptors (Lipinski definition) is 5. The van der Waals surface area contributed by atoms with Crippen LogP contribution in [-0.4, -0.2) is 37.1 Å². The van der Waals surface area contributed by atoms with E-state index < -0.39 is 11.8 Å². The van der Waals surface area contributed by atoms with Crippen LogP contribution in [0.3, 0.4) is 0 Å². The van der Waals surface area contributed by atoms with Crippen molar-refractivity contribution in [2.75, 3.05) is 30.4 Å². The summed E-state index contributed by atoms with van der Waals surface area (Å²) in [6.07, 6.45) is 3.28. The van der Waals surface area contributed by atoms with Gasteiger partial charge in [-0.25, -0.2) is 14.2 Å². The summed E-state index contributed by atoms with van der Waals surface area (Å²) < 4.78 is 18.6. The third-order valence-electron chi connectivity index (χ3n) is 4.41. The second kappa shape index (κ2) is 7.95. The molecule has 0 saturated carbocycles. The van der Waals surface area contributed by atoms with Crippen LogP contribution in [0.25, 0.3) is 0 Å². The van der Waals surface area contributed by atoms with Gasteiger partial charge in [0.1, 0.15) is 11.6 Å². The predicted molar refractivity (Wildman–Crippen MR) is 95.5 cm³/mol. The molecule has 1 aromatic heterocycles. The molecule has 6 nitrogen and oxygen atoms in total. The van der Waals surface area contributed by atoms with Crippen LogP contribution in [0, 0.1) is 11.7 Å². The van der Waals surface area contributed by atoms with Gasteiger partial charge in [0, 0.05) is 19.3 Å². The van der Waals surface area contributed by atoms with E-state index in [-0.39, 0.29) is 23.1 Å². The van der Waals surface area contributed by atoms with Crippen molar-refractivity contribution in [3.05, 3.63) is 54.0 Å². The Bertz CT molecular complexity index is 798. The number of amides is 1. The maximum atomic E-state index is 14.0. The summed E-state index contributed by atoms with van der Waals surface area (Å²) in [5, 5.41) is 2.60. The summed E-state index contributed by atoms with van der Waals surface area (Å²) in [5.41, 5.74) is 0.163. The number of ether oxygens (including phenoxy) is 1. The zero-order valence-electron chi connectivity index (χ0n) is 14.4. The third-order valence-corrected chi connectivity index (χ3v) is 4.41. The molecular formula is C19H20FN3O3. The molecule has 1 aliphatic rings. The number of nitrogens with zero attached hydrogens (tertiary/aromatic N) is 2. The van der Waals surface area contributed by atoms with E-state index in [1.165, 1.54) is 19.2 Å². The molecule has 1 amide bonds. The SMILES string of the molecule is COC(=O)c1ccc(F)c(NC(=O)[C@H]2CCCN(c3ccccn3)C2)c1. The molecule has 0 bridgehead atoms. The van der Waals surface area contributed by atoms with Crippen LogP contribution in [0.2, 0.25) is 0 Å². The van der Waals surface area contributed by atoms with E-state index in [1.807, 2.05) is 18.2 Å². The van der Waals surface area contributed by atoms with Gasteiger partial charge in [-0.1, -0.05) is 6.07 Å². The topological polar surface area (TPSA) is 71.5 Å². The number of esters is 1. The smallest absolute Gasteiger partial charge is 0.337 e. The van der Waals surface area contributed by atoms with Gasteiger partial charge in [0.05, 0.1) is 24.3 Å². The highest BCUT2D eigenvalue weighted by Gasteiger charge is 2.27. The maximum Gasteiger partial charge on any atom is 0.337 e. The first-order valence-corrected chi connectivity index (χ1v) is 8.43. The summed E-state index contributed by atoms with van der Waals surface area (Å²) in [6.45, 7) is 1.34. The van der Waals surface area contributed by atoms with Gasteiger partial charge >= 0.3 is 5.97 Å². The molecule has 1 saturated heterocycles. The Labute approximate surface area is 151 Å². The summed E-state index contributed by atoms with van der Waals surface area (Å²) in [4.78, 5) is 30.6. The van der Waals surface area contributed by atoms with Crippen LogP contribution in [0.4, 0.5) is 15.9 Å². The van der Waals surface area contributed by atoms with Crippen molar-refractivity contribution < 1.29 is 18.7 Å². The lowest BCUT2D eigenvalue weighted by Gasteiger charge is -2.32. The number of carbonyl (C=O) groups is 2. The Hall–Kier alpha value is -2.96. The van der Waals surface area contributed by atoms with E-state index in [2.05, 4.69) is 19.9 Å². The number of rotatable bonds is 4. The number of carbonyl (C=O) groups excluding carboxylic acids is 2. The van der Waals surface area contributed by atoms with E-state index in [1.54, 1.807) is 6.20 Å². The Morgan fingerprint density at radius 2 is 2.15 bits per heavy atom. The lowest BCUT2D eigenvalue weighted by molar-refractivity contribution is -0.120. The van der Waals surface area contributed by atoms with E-state index in [9.17, 15) is 14.0 Å². The van der Waals surface area contributed by atoms with E-state index in [0.717, 1.165) is 24.8 Å². The van der Waals surface area contributed by atoms with Crippen molar-refractivity contribution >= 4 is 23.4 Å². The Morgan fingerprint density at radius 1 is 1.31 bits per heavy atom. The number of nitrogens with one attached hydrogen (secondary N) is 1. The number of piperidine rings is 1. The first kappa shape index (κ1) is 17.8. The standard InChI is InChI=1S/C19H20FN3O3/c1-26-19(25)13-7-8-15(20)16(11-13)22-18(24)14-5-4-10-23(12-14)17-6-2-3-9-21-17/h2-3,6-9,11,14H,4-5,10,12H2,1H3,(H,22,24)/t14-/m0/s1. The Kier molecular flexibility index (Phi) is 5.46. The number of pyridine rings is 1. The molecule has 1 atom stereocenters. The van der Waals surface area contributed by atoms with Crippen LogP contribution >= 0.6 is 0 Å². The van der Waals surface area contributed by atoms with Gasteiger partial charge in [0.15, 0.2) is 0 Å². The average molecular weight is 357 g/mol. The molecule has 136 valence electrons. The average Bonchev–Trinajstić information content (AvgIpc) is 2.69. The highest BCUT2D eigenvalue weighted by Crippen LogP contribution is 2.24. The molecule has 2 aromatic rings. The summed E-state index contributed by atoms with van der Waals surface area (Å²) in [6, 6.07) is 9.40. The molecule has 1 N–H and O–H groups in total. The van der Waals surface area contributed by atoms with Crippen molar-refractivity contribution in [3.8, 4) is 0 Å². The lowest BCUT2D eigenvalue weighted by atomic mass is 9.97. The Balaban J connectivity index is 1.71. The Morgan fingerprint density at radius 3 is 2.88 bits per heavy atom. The van der Waals surface area contributed by atoms with E-state index in [4.69, 9.17) is 0 Å². The van der Waals surface area contributed by atoms with Crippen molar-refractivity contribution in [3.63, 3.8) is 0 Å². The van der Waals surface area contributed by atoms with Gasteiger partial charge in [-0.15, -0.1) is 0 Å². The highest BCUT2D eigenvalue weighted by molar-refractivity contribution is 5.96. The summed E-state index contributed by atoms with van der Waals surface area (Å²) >= 11 is 0. The lowest BCUT2D eigenvalue weighted by Crippen LogP contribution is -2.41. The highest BCUT2D eigenvalue weighted by atomic mass is 19.1. The second-order valence-electron chi connectivity index (χ2n) is 6.15. The molecule has 0 radical (unpaired) electrons. The number of benzene rings is 1. The maximum absolute atomic E-state index is 14.0. The van der Waals surface area contributed by atoms with Gasteiger partial charge < -0.3 is 15.0 Å². The van der Waals surface area contributed by atoms with Gasteiger partial charge in [-0.3, -0.25) is 4.79 Å². The first-order valence-electron chi connectivity index (χ1n) is 8.43. The predicted octanol–water partition coefficient (Wildman–Crippen LogP) is 2.86. The van der Waals surface area contributed by atoms with Gasteiger partial charge in [0.2, 0.25) is 5.91 Å². The molecule has 7 heteroatoms. The summed E-state index contributed by atoms with van der Waals surface area (Å²) in [5.74, 6) is -0.912. The monoisotopic (exact) mass is 357 g/mol. The van der Waals surface area contributed by atoms with E-state index >= 15 is 0 Å². The minimum atomic E-state index is -0.594. The molecule has 3 rings (SSSR count). The van der Waals surface area contributed by atoms with Gasteiger partial charge in [0.25, 0.3) is 0 Å². The molecule has 1 aromatic carbocycles. The minimum absolute atomic E-state index is 0.0205. The molecule has 26 heavy (non-hydrogen) atoms. The van der Waals surface area contributed by atoms with Crippen molar-refractivity contribution in [1.82, 2.24) is 4.98 Å². The molecule has 0 spiro atoms. The zero-order valence-corrected chi connectivity index (χ0v) is 14.4. The van der Waals surface area contributed by atoms with Crippen LogP contribution in [0.1, 0.15) is 23.2 Å². The largest absolute Gasteiger partial charge is 0.465 e. The number of hydrogen-bond donors (Lipinski definition) is 1.